The van der Waals surface area contributed by atoms with Gasteiger partial charge >= 0.3 is 0 Å². The van der Waals surface area contributed by atoms with Crippen LogP contribution in [-0.4, -0.2) is 21.8 Å². The van der Waals surface area contributed by atoms with Crippen LogP contribution in [0.5, 0.6) is 0 Å². The summed E-state index contributed by atoms with van der Waals surface area (Å²) < 4.78 is 0. The van der Waals surface area contributed by atoms with Crippen LogP contribution in [0.3, 0.4) is 0 Å². The summed E-state index contributed by atoms with van der Waals surface area (Å²) in [5.74, 6) is -0.403. The van der Waals surface area contributed by atoms with Crippen molar-refractivity contribution in [1.29, 1.82) is 0 Å². The lowest BCUT2D eigenvalue weighted by atomic mass is 9.93. The molecule has 2 N–H and O–H groups in total. The minimum Gasteiger partial charge on any atom is -0.411 e. The minimum atomic E-state index is -0.403. The average Bonchev–Trinajstić information content (AvgIpc) is 2.81. The highest BCUT2D eigenvalue weighted by Crippen LogP contribution is 2.35. The molecule has 0 saturated heterocycles. The molecule has 0 saturated carbocycles. The summed E-state index contributed by atoms with van der Waals surface area (Å²) in [7, 11) is 0. The molecular formula is C15H11ClN2O2. The molecule has 2 aromatic rings. The summed E-state index contributed by atoms with van der Waals surface area (Å²) in [6.07, 6.45) is 0. The molecule has 0 unspecified atom stereocenters. The van der Waals surface area contributed by atoms with E-state index in [2.05, 4.69) is 10.3 Å². The molecule has 0 spiro atoms. The van der Waals surface area contributed by atoms with E-state index >= 15 is 0 Å². The van der Waals surface area contributed by atoms with Gasteiger partial charge in [-0.05, 0) is 17.7 Å². The van der Waals surface area contributed by atoms with Gasteiger partial charge in [-0.15, -0.1) is 0 Å². The normalized spacial score (nSPS) is 18.6. The van der Waals surface area contributed by atoms with Gasteiger partial charge in [0, 0.05) is 16.1 Å². The van der Waals surface area contributed by atoms with E-state index in [1.54, 1.807) is 12.1 Å². The standard InChI is InChI=1S/C15H11ClN2O2/c16-10-7-5-9(6-8-10)13-14(17-19)11-3-1-2-4-12(11)15(13)18-20/h1-8,13,19-20H/b17-14+,18-15+. The second-order valence-electron chi connectivity index (χ2n) is 4.50. The van der Waals surface area contributed by atoms with Crippen molar-refractivity contribution in [2.24, 2.45) is 10.3 Å². The van der Waals surface area contributed by atoms with E-state index in [0.717, 1.165) is 16.7 Å². The number of hydrogen-bond donors (Lipinski definition) is 2. The maximum Gasteiger partial charge on any atom is 0.101 e. The number of halogens is 1. The molecule has 0 radical (unpaired) electrons. The van der Waals surface area contributed by atoms with Gasteiger partial charge < -0.3 is 10.4 Å². The van der Waals surface area contributed by atoms with Crippen LogP contribution in [0.1, 0.15) is 22.6 Å². The Morgan fingerprint density at radius 1 is 0.800 bits per heavy atom. The summed E-state index contributed by atoms with van der Waals surface area (Å²) in [5.41, 5.74) is 3.32. The number of benzene rings is 2. The first-order valence-corrected chi connectivity index (χ1v) is 6.43. The third-order valence-corrected chi connectivity index (χ3v) is 3.70. The summed E-state index contributed by atoms with van der Waals surface area (Å²) in [6.45, 7) is 0. The van der Waals surface area contributed by atoms with Crippen LogP contribution in [0.4, 0.5) is 0 Å². The Morgan fingerprint density at radius 3 is 1.75 bits per heavy atom. The molecule has 0 fully saturated rings. The molecule has 5 heteroatoms. The van der Waals surface area contributed by atoms with Crippen LogP contribution in [0, 0.1) is 0 Å². The highest BCUT2D eigenvalue weighted by atomic mass is 35.5. The van der Waals surface area contributed by atoms with Crippen molar-refractivity contribution in [1.82, 2.24) is 0 Å². The van der Waals surface area contributed by atoms with Crippen LogP contribution >= 0.6 is 11.6 Å². The lowest BCUT2D eigenvalue weighted by molar-refractivity contribution is 0.315. The average molecular weight is 287 g/mol. The van der Waals surface area contributed by atoms with Gasteiger partial charge in [0.1, 0.15) is 11.4 Å². The molecule has 0 amide bonds. The highest BCUT2D eigenvalue weighted by Gasteiger charge is 2.36. The quantitative estimate of drug-likeness (QED) is 0.622. The van der Waals surface area contributed by atoms with Gasteiger partial charge in [-0.25, -0.2) is 0 Å². The van der Waals surface area contributed by atoms with Crippen LogP contribution in [0.15, 0.2) is 58.8 Å². The fourth-order valence-corrected chi connectivity index (χ4v) is 2.69. The van der Waals surface area contributed by atoms with Gasteiger partial charge in [-0.3, -0.25) is 0 Å². The van der Waals surface area contributed by atoms with Crippen LogP contribution in [-0.2, 0) is 0 Å². The van der Waals surface area contributed by atoms with Crippen LogP contribution in [0.2, 0.25) is 5.02 Å². The number of fused-ring (bicyclic) bond motifs is 1. The zero-order chi connectivity index (χ0) is 14.1. The molecule has 0 aromatic heterocycles. The van der Waals surface area contributed by atoms with Crippen LogP contribution in [0.25, 0.3) is 0 Å². The lowest BCUT2D eigenvalue weighted by Crippen LogP contribution is -2.14. The first kappa shape index (κ1) is 12.7. The fourth-order valence-electron chi connectivity index (χ4n) is 2.56. The molecule has 0 bridgehead atoms. The molecule has 4 nitrogen and oxygen atoms in total. The predicted octanol–water partition coefficient (Wildman–Crippen LogP) is 3.49. The van der Waals surface area contributed by atoms with Gasteiger partial charge in [0.2, 0.25) is 0 Å². The minimum absolute atomic E-state index is 0.403. The Balaban J connectivity index is 2.19. The van der Waals surface area contributed by atoms with Gasteiger partial charge in [0.15, 0.2) is 0 Å². The van der Waals surface area contributed by atoms with Crippen molar-refractivity contribution >= 4 is 23.0 Å². The predicted molar refractivity (Wildman–Crippen MR) is 77.3 cm³/mol. The Kier molecular flexibility index (Phi) is 3.16. The molecule has 3 rings (SSSR count). The molecule has 2 aromatic carbocycles. The first-order chi connectivity index (χ1) is 9.76. The van der Waals surface area contributed by atoms with Gasteiger partial charge in [-0.1, -0.05) is 58.3 Å². The maximum atomic E-state index is 9.34. The maximum absolute atomic E-state index is 9.34. The summed E-state index contributed by atoms with van der Waals surface area (Å²) in [4.78, 5) is 0. The van der Waals surface area contributed by atoms with Gasteiger partial charge in [-0.2, -0.15) is 0 Å². The van der Waals surface area contributed by atoms with E-state index < -0.39 is 5.92 Å². The Labute approximate surface area is 120 Å². The summed E-state index contributed by atoms with van der Waals surface area (Å²) in [6, 6.07) is 14.5. The van der Waals surface area contributed by atoms with E-state index in [-0.39, 0.29) is 0 Å². The van der Waals surface area contributed by atoms with E-state index in [1.165, 1.54) is 0 Å². The molecule has 1 aliphatic carbocycles. The summed E-state index contributed by atoms with van der Waals surface area (Å²) >= 11 is 5.89. The van der Waals surface area contributed by atoms with E-state index in [4.69, 9.17) is 11.6 Å². The van der Waals surface area contributed by atoms with Crippen molar-refractivity contribution in [3.05, 3.63) is 70.2 Å². The Hall–Kier alpha value is -2.33. The number of nitrogens with zero attached hydrogens (tertiary/aromatic N) is 2. The monoisotopic (exact) mass is 286 g/mol. The van der Waals surface area contributed by atoms with Crippen LogP contribution < -0.4 is 0 Å². The molecular weight excluding hydrogens is 276 g/mol. The third-order valence-electron chi connectivity index (χ3n) is 3.44. The second kappa shape index (κ2) is 4.98. The molecule has 0 aliphatic heterocycles. The van der Waals surface area contributed by atoms with Gasteiger partial charge in [0.25, 0.3) is 0 Å². The molecule has 100 valence electrons. The third kappa shape index (κ3) is 1.85. The summed E-state index contributed by atoms with van der Waals surface area (Å²) in [5, 5.41) is 26.1. The smallest absolute Gasteiger partial charge is 0.101 e. The van der Waals surface area contributed by atoms with E-state index in [9.17, 15) is 10.4 Å². The number of rotatable bonds is 1. The second-order valence-corrected chi connectivity index (χ2v) is 4.94. The van der Waals surface area contributed by atoms with E-state index in [1.807, 2.05) is 36.4 Å². The molecule has 0 heterocycles. The van der Waals surface area contributed by atoms with Crippen molar-refractivity contribution < 1.29 is 10.4 Å². The van der Waals surface area contributed by atoms with Gasteiger partial charge in [0.05, 0.1) is 5.92 Å². The van der Waals surface area contributed by atoms with E-state index in [0.29, 0.717) is 16.4 Å². The largest absolute Gasteiger partial charge is 0.411 e. The number of oxime groups is 2. The molecule has 1 aliphatic rings. The van der Waals surface area contributed by atoms with Crippen molar-refractivity contribution in [2.45, 2.75) is 5.92 Å². The van der Waals surface area contributed by atoms with Crippen molar-refractivity contribution in [2.75, 3.05) is 0 Å². The first-order valence-electron chi connectivity index (χ1n) is 6.05. The topological polar surface area (TPSA) is 65.2 Å². The zero-order valence-electron chi connectivity index (χ0n) is 10.4. The Bertz CT molecular complexity index is 669. The highest BCUT2D eigenvalue weighted by molar-refractivity contribution is 6.33. The molecule has 0 atom stereocenters. The zero-order valence-corrected chi connectivity index (χ0v) is 11.1. The van der Waals surface area contributed by atoms with Crippen molar-refractivity contribution in [3.8, 4) is 0 Å². The lowest BCUT2D eigenvalue weighted by Gasteiger charge is -2.11. The Morgan fingerprint density at radius 2 is 1.30 bits per heavy atom. The molecule has 20 heavy (non-hydrogen) atoms. The van der Waals surface area contributed by atoms with Crippen molar-refractivity contribution in [3.63, 3.8) is 0 Å². The SMILES string of the molecule is O/N=C1\c2ccccc2/C(=N\O)C1c1ccc(Cl)cc1. The fraction of sp³-hybridized carbons (Fsp3) is 0.0667. The number of hydrogen-bond acceptors (Lipinski definition) is 4.